The SMILES string of the molecule is CC(C)(C)NC(=O)NCC[C@]1(C)C=Cc2c(cnn2-c2ccc(F)cc2)C1. The van der Waals surface area contributed by atoms with E-state index in [0.29, 0.717) is 6.54 Å². The number of fused-ring (bicyclic) bond motifs is 1. The zero-order chi connectivity index (χ0) is 19.7. The number of hydrogen-bond donors (Lipinski definition) is 2. The molecule has 1 atom stereocenters. The minimum atomic E-state index is -0.258. The molecule has 0 saturated carbocycles. The molecule has 144 valence electrons. The molecule has 2 N–H and O–H groups in total. The van der Waals surface area contributed by atoms with E-state index in [0.717, 1.165) is 29.8 Å². The van der Waals surface area contributed by atoms with Crippen molar-refractivity contribution in [2.75, 3.05) is 6.54 Å². The van der Waals surface area contributed by atoms with Crippen LogP contribution >= 0.6 is 0 Å². The summed E-state index contributed by atoms with van der Waals surface area (Å²) in [5.74, 6) is -0.258. The molecule has 0 bridgehead atoms. The fraction of sp³-hybridized carbons (Fsp3) is 0.429. The summed E-state index contributed by atoms with van der Waals surface area (Å²) >= 11 is 0. The Balaban J connectivity index is 1.64. The topological polar surface area (TPSA) is 59.0 Å². The molecule has 0 spiro atoms. The number of halogens is 1. The molecule has 0 saturated heterocycles. The summed E-state index contributed by atoms with van der Waals surface area (Å²) in [4.78, 5) is 11.9. The Hall–Kier alpha value is -2.63. The number of hydrogen-bond acceptors (Lipinski definition) is 2. The highest BCUT2D eigenvalue weighted by molar-refractivity contribution is 5.74. The molecule has 6 heteroatoms. The van der Waals surface area contributed by atoms with Crippen molar-refractivity contribution in [1.29, 1.82) is 0 Å². The largest absolute Gasteiger partial charge is 0.338 e. The summed E-state index contributed by atoms with van der Waals surface area (Å²) in [6.07, 6.45) is 7.82. The molecule has 2 aromatic rings. The van der Waals surface area contributed by atoms with E-state index >= 15 is 0 Å². The van der Waals surface area contributed by atoms with E-state index in [1.807, 2.05) is 31.6 Å². The fourth-order valence-corrected chi connectivity index (χ4v) is 3.29. The molecular weight excluding hydrogens is 343 g/mol. The Morgan fingerprint density at radius 2 is 2.00 bits per heavy atom. The molecule has 1 aromatic carbocycles. The van der Waals surface area contributed by atoms with Crippen LogP contribution in [-0.2, 0) is 6.42 Å². The Kier molecular flexibility index (Phi) is 5.09. The molecule has 0 fully saturated rings. The van der Waals surface area contributed by atoms with Gasteiger partial charge in [-0.25, -0.2) is 13.9 Å². The van der Waals surface area contributed by atoms with E-state index in [1.54, 1.807) is 12.1 Å². The third kappa shape index (κ3) is 4.76. The lowest BCUT2D eigenvalue weighted by Crippen LogP contribution is -2.47. The second-order valence-electron chi connectivity index (χ2n) is 8.49. The third-order valence-corrected chi connectivity index (χ3v) is 4.67. The van der Waals surface area contributed by atoms with Crippen molar-refractivity contribution in [2.24, 2.45) is 5.41 Å². The van der Waals surface area contributed by atoms with Gasteiger partial charge in [-0.2, -0.15) is 5.10 Å². The van der Waals surface area contributed by atoms with Gasteiger partial charge in [0.25, 0.3) is 0 Å². The van der Waals surface area contributed by atoms with Gasteiger partial charge in [0.15, 0.2) is 0 Å². The summed E-state index contributed by atoms with van der Waals surface area (Å²) in [5.41, 5.74) is 2.73. The Morgan fingerprint density at radius 1 is 1.30 bits per heavy atom. The van der Waals surface area contributed by atoms with Crippen LogP contribution in [0.1, 0.15) is 45.4 Å². The number of nitrogens with one attached hydrogen (secondary N) is 2. The van der Waals surface area contributed by atoms with Crippen molar-refractivity contribution in [2.45, 2.75) is 46.1 Å². The summed E-state index contributed by atoms with van der Waals surface area (Å²) in [6, 6.07) is 6.18. The first-order valence-corrected chi connectivity index (χ1v) is 9.23. The van der Waals surface area contributed by atoms with Gasteiger partial charge < -0.3 is 10.6 Å². The molecule has 0 radical (unpaired) electrons. The van der Waals surface area contributed by atoms with Crippen LogP contribution in [0, 0.1) is 11.2 Å². The minimum absolute atomic E-state index is 0.0430. The zero-order valence-corrected chi connectivity index (χ0v) is 16.3. The smallest absolute Gasteiger partial charge is 0.315 e. The van der Waals surface area contributed by atoms with Crippen molar-refractivity contribution in [1.82, 2.24) is 20.4 Å². The number of amides is 2. The van der Waals surface area contributed by atoms with Crippen molar-refractivity contribution < 1.29 is 9.18 Å². The zero-order valence-electron chi connectivity index (χ0n) is 16.3. The summed E-state index contributed by atoms with van der Waals surface area (Å²) in [5, 5.41) is 10.3. The van der Waals surface area contributed by atoms with Crippen LogP contribution in [-0.4, -0.2) is 27.9 Å². The van der Waals surface area contributed by atoms with Crippen molar-refractivity contribution in [3.05, 3.63) is 53.6 Å². The van der Waals surface area contributed by atoms with Crippen LogP contribution in [0.4, 0.5) is 9.18 Å². The van der Waals surface area contributed by atoms with Gasteiger partial charge in [-0.15, -0.1) is 0 Å². The first kappa shape index (κ1) is 19.1. The molecule has 27 heavy (non-hydrogen) atoms. The second kappa shape index (κ2) is 7.18. The standard InChI is InChI=1S/C21H27FN4O/c1-20(2,3)25-19(27)23-12-11-21(4)10-9-18-15(13-21)14-24-26(18)17-7-5-16(22)6-8-17/h5-10,14H,11-13H2,1-4H3,(H2,23,25,27)/t21-/m0/s1. The van der Waals surface area contributed by atoms with Gasteiger partial charge in [0.1, 0.15) is 5.82 Å². The first-order chi connectivity index (χ1) is 12.7. The average Bonchev–Trinajstić information content (AvgIpc) is 2.96. The highest BCUT2D eigenvalue weighted by atomic mass is 19.1. The minimum Gasteiger partial charge on any atom is -0.338 e. The van der Waals surface area contributed by atoms with E-state index in [-0.39, 0.29) is 22.8 Å². The molecule has 3 rings (SSSR count). The first-order valence-electron chi connectivity index (χ1n) is 9.23. The van der Waals surface area contributed by atoms with Crippen molar-refractivity contribution in [3.8, 4) is 5.69 Å². The summed E-state index contributed by atoms with van der Waals surface area (Å²) < 4.78 is 15.0. The van der Waals surface area contributed by atoms with Gasteiger partial charge in [0.2, 0.25) is 0 Å². The number of carbonyl (C=O) groups excluding carboxylic acids is 1. The Bertz CT molecular complexity index is 848. The maximum Gasteiger partial charge on any atom is 0.315 e. The van der Waals surface area contributed by atoms with E-state index in [1.165, 1.54) is 12.1 Å². The van der Waals surface area contributed by atoms with E-state index in [9.17, 15) is 9.18 Å². The molecule has 1 heterocycles. The molecule has 1 aliphatic rings. The monoisotopic (exact) mass is 370 g/mol. The Morgan fingerprint density at radius 3 is 2.67 bits per heavy atom. The van der Waals surface area contributed by atoms with Crippen LogP contribution in [0.2, 0.25) is 0 Å². The fourth-order valence-electron chi connectivity index (χ4n) is 3.29. The maximum absolute atomic E-state index is 13.2. The Labute approximate surface area is 159 Å². The van der Waals surface area contributed by atoms with Gasteiger partial charge in [0.05, 0.1) is 17.6 Å². The van der Waals surface area contributed by atoms with Crippen molar-refractivity contribution >= 4 is 12.1 Å². The summed E-state index contributed by atoms with van der Waals surface area (Å²) in [7, 11) is 0. The number of aromatic nitrogens is 2. The molecule has 2 amide bonds. The van der Waals surface area contributed by atoms with Gasteiger partial charge in [-0.05, 0) is 74.9 Å². The molecular formula is C21H27FN4O. The molecule has 1 aromatic heterocycles. The number of benzene rings is 1. The molecule has 1 aliphatic carbocycles. The highest BCUT2D eigenvalue weighted by Crippen LogP contribution is 2.35. The summed E-state index contributed by atoms with van der Waals surface area (Å²) in [6.45, 7) is 8.66. The van der Waals surface area contributed by atoms with Gasteiger partial charge in [0, 0.05) is 12.1 Å². The van der Waals surface area contributed by atoms with Crippen LogP contribution in [0.25, 0.3) is 11.8 Å². The van der Waals surface area contributed by atoms with Crippen LogP contribution in [0.15, 0.2) is 36.5 Å². The number of nitrogens with zero attached hydrogens (tertiary/aromatic N) is 2. The predicted molar refractivity (Wildman–Crippen MR) is 105 cm³/mol. The number of allylic oxidation sites excluding steroid dienone is 1. The molecule has 0 unspecified atom stereocenters. The third-order valence-electron chi connectivity index (χ3n) is 4.67. The second-order valence-corrected chi connectivity index (χ2v) is 8.49. The quantitative estimate of drug-likeness (QED) is 0.852. The van der Waals surface area contributed by atoms with Crippen LogP contribution in [0.5, 0.6) is 0 Å². The number of carbonyl (C=O) groups is 1. The van der Waals surface area contributed by atoms with E-state index in [2.05, 4.69) is 34.8 Å². The normalized spacial score (nSPS) is 18.9. The van der Waals surface area contributed by atoms with Gasteiger partial charge >= 0.3 is 6.03 Å². The van der Waals surface area contributed by atoms with Crippen LogP contribution < -0.4 is 10.6 Å². The molecule has 5 nitrogen and oxygen atoms in total. The van der Waals surface area contributed by atoms with E-state index in [4.69, 9.17) is 0 Å². The average molecular weight is 370 g/mol. The lowest BCUT2D eigenvalue weighted by molar-refractivity contribution is 0.230. The maximum atomic E-state index is 13.2. The predicted octanol–water partition coefficient (Wildman–Crippen LogP) is 4.07. The van der Waals surface area contributed by atoms with Crippen LogP contribution in [0.3, 0.4) is 0 Å². The van der Waals surface area contributed by atoms with E-state index < -0.39 is 0 Å². The molecule has 0 aliphatic heterocycles. The highest BCUT2D eigenvalue weighted by Gasteiger charge is 2.28. The van der Waals surface area contributed by atoms with Crippen molar-refractivity contribution in [3.63, 3.8) is 0 Å². The number of rotatable bonds is 4. The lowest BCUT2D eigenvalue weighted by atomic mass is 9.77. The lowest BCUT2D eigenvalue weighted by Gasteiger charge is -2.29. The van der Waals surface area contributed by atoms with Gasteiger partial charge in [-0.1, -0.05) is 13.0 Å². The number of urea groups is 1. The van der Waals surface area contributed by atoms with Gasteiger partial charge in [-0.3, -0.25) is 0 Å².